The zero-order chi connectivity index (χ0) is 15.0. The second-order valence-corrected chi connectivity index (χ2v) is 6.91. The van der Waals surface area contributed by atoms with Gasteiger partial charge in [-0.3, -0.25) is 0 Å². The number of nitrogens with zero attached hydrogens (tertiary/aromatic N) is 1. The summed E-state index contributed by atoms with van der Waals surface area (Å²) in [6, 6.07) is 13.5. The van der Waals surface area contributed by atoms with Gasteiger partial charge in [-0.15, -0.1) is 0 Å². The molecular formula is C16H12F3NSe. The van der Waals surface area contributed by atoms with Gasteiger partial charge in [0.2, 0.25) is 0 Å². The Hall–Kier alpha value is -1.58. The van der Waals surface area contributed by atoms with Crippen LogP contribution in [0.3, 0.4) is 0 Å². The van der Waals surface area contributed by atoms with E-state index in [-0.39, 0.29) is 0 Å². The van der Waals surface area contributed by atoms with Gasteiger partial charge in [0.25, 0.3) is 0 Å². The van der Waals surface area contributed by atoms with E-state index < -0.39 is 26.5 Å². The molecule has 0 unspecified atom stereocenters. The van der Waals surface area contributed by atoms with Gasteiger partial charge in [-0.25, -0.2) is 0 Å². The molecule has 0 fully saturated rings. The molecule has 0 saturated heterocycles. The van der Waals surface area contributed by atoms with E-state index in [2.05, 4.69) is 4.98 Å². The molecule has 0 atom stereocenters. The van der Waals surface area contributed by atoms with Crippen molar-refractivity contribution in [2.45, 2.75) is 18.4 Å². The van der Waals surface area contributed by atoms with E-state index >= 15 is 0 Å². The van der Waals surface area contributed by atoms with Crippen LogP contribution in [0.5, 0.6) is 0 Å². The van der Waals surface area contributed by atoms with Crippen molar-refractivity contribution in [2.75, 3.05) is 0 Å². The van der Waals surface area contributed by atoms with Gasteiger partial charge in [0.1, 0.15) is 0 Å². The Bertz CT molecular complexity index is 812. The van der Waals surface area contributed by atoms with E-state index in [1.165, 1.54) is 0 Å². The van der Waals surface area contributed by atoms with Crippen molar-refractivity contribution in [1.82, 2.24) is 4.98 Å². The number of pyridine rings is 1. The molecule has 1 heterocycles. The molecule has 0 aliphatic heterocycles. The van der Waals surface area contributed by atoms with Crippen molar-refractivity contribution in [3.8, 4) is 0 Å². The Balaban J connectivity index is 2.21. The first-order chi connectivity index (χ1) is 9.94. The topological polar surface area (TPSA) is 12.9 Å². The van der Waals surface area contributed by atoms with Crippen LogP contribution in [0.15, 0.2) is 42.5 Å². The normalized spacial score (nSPS) is 12.2. The second kappa shape index (κ2) is 5.32. The van der Waals surface area contributed by atoms with Crippen molar-refractivity contribution in [2.24, 2.45) is 0 Å². The van der Waals surface area contributed by atoms with Gasteiger partial charge in [-0.1, -0.05) is 0 Å². The average Bonchev–Trinajstić information content (AvgIpc) is 2.43. The van der Waals surface area contributed by atoms with Crippen molar-refractivity contribution < 1.29 is 13.2 Å². The number of fused-ring (bicyclic) bond motifs is 3. The van der Waals surface area contributed by atoms with Crippen LogP contribution in [0.25, 0.3) is 21.7 Å². The predicted octanol–water partition coefficient (Wildman–Crippen LogP) is 4.01. The molecule has 5 heteroatoms. The van der Waals surface area contributed by atoms with Gasteiger partial charge in [0.05, 0.1) is 0 Å². The Morgan fingerprint density at radius 3 is 2.43 bits per heavy atom. The Morgan fingerprint density at radius 2 is 1.71 bits per heavy atom. The number of alkyl halides is 3. The maximum atomic E-state index is 12.5. The first-order valence-electron chi connectivity index (χ1n) is 6.43. The third-order valence-corrected chi connectivity index (χ3v) is 5.41. The van der Waals surface area contributed by atoms with Gasteiger partial charge in [-0.2, -0.15) is 0 Å². The van der Waals surface area contributed by atoms with Crippen LogP contribution in [-0.2, 0) is 0 Å². The van der Waals surface area contributed by atoms with E-state index in [0.29, 0.717) is 4.59 Å². The van der Waals surface area contributed by atoms with E-state index in [1.807, 2.05) is 49.4 Å². The summed E-state index contributed by atoms with van der Waals surface area (Å²) in [6.07, 6.45) is -4.13. The summed E-state index contributed by atoms with van der Waals surface area (Å²) in [5, 5.41) is 2.01. The van der Waals surface area contributed by atoms with Crippen LogP contribution in [0.4, 0.5) is 13.2 Å². The molecule has 0 saturated carbocycles. The summed E-state index contributed by atoms with van der Waals surface area (Å²) in [5.74, 6) is 0. The van der Waals surface area contributed by atoms with Crippen LogP contribution in [0.1, 0.15) is 5.56 Å². The number of hydrogen-bond donors (Lipinski definition) is 0. The van der Waals surface area contributed by atoms with Gasteiger partial charge >= 0.3 is 126 Å². The number of rotatable bonds is 2. The van der Waals surface area contributed by atoms with Gasteiger partial charge < -0.3 is 0 Å². The molecule has 0 aliphatic rings. The Morgan fingerprint density at radius 1 is 1.00 bits per heavy atom. The molecule has 21 heavy (non-hydrogen) atoms. The molecule has 0 aliphatic carbocycles. The molecule has 0 amide bonds. The molecule has 0 bridgehead atoms. The van der Waals surface area contributed by atoms with Gasteiger partial charge in [-0.05, 0) is 0 Å². The van der Waals surface area contributed by atoms with E-state index in [1.54, 1.807) is 0 Å². The van der Waals surface area contributed by atoms with E-state index in [9.17, 15) is 13.2 Å². The number of aryl methyl sites for hydroxylation is 1. The number of benzene rings is 2. The Kier molecular flexibility index (Phi) is 3.64. The monoisotopic (exact) mass is 355 g/mol. The molecule has 2 aromatic carbocycles. The number of halogens is 3. The van der Waals surface area contributed by atoms with E-state index in [4.69, 9.17) is 0 Å². The van der Waals surface area contributed by atoms with Crippen LogP contribution in [0, 0.1) is 6.92 Å². The molecule has 3 aromatic rings. The Labute approximate surface area is 126 Å². The number of hydrogen-bond acceptors (Lipinski definition) is 1. The molecule has 108 valence electrons. The van der Waals surface area contributed by atoms with E-state index in [0.717, 1.165) is 27.2 Å². The third kappa shape index (κ3) is 3.04. The molecule has 1 aromatic heterocycles. The summed E-state index contributed by atoms with van der Waals surface area (Å²) in [5.41, 5.74) is 1.83. The molecular weight excluding hydrogens is 342 g/mol. The molecule has 1 nitrogen and oxygen atoms in total. The van der Waals surface area contributed by atoms with Gasteiger partial charge in [0.15, 0.2) is 0 Å². The first-order valence-corrected chi connectivity index (χ1v) is 8.49. The quantitative estimate of drug-likeness (QED) is 0.501. The fourth-order valence-corrected chi connectivity index (χ4v) is 3.97. The minimum absolute atomic E-state index is 0.577. The zero-order valence-corrected chi connectivity index (χ0v) is 13.0. The predicted molar refractivity (Wildman–Crippen MR) is 80.2 cm³/mol. The van der Waals surface area contributed by atoms with Crippen molar-refractivity contribution in [3.05, 3.63) is 48.0 Å². The maximum absolute atomic E-state index is 12.5. The van der Waals surface area contributed by atoms with Gasteiger partial charge in [0, 0.05) is 0 Å². The molecule has 0 N–H and O–H groups in total. The summed E-state index contributed by atoms with van der Waals surface area (Å²) in [6.45, 7) is 1.96. The minimum atomic E-state index is -4.13. The zero-order valence-electron chi connectivity index (χ0n) is 11.2. The molecule has 3 rings (SSSR count). The SMILES string of the molecule is Cc1ccc2c(c1)nc([Se]CC(F)(F)F)c1ccccc12. The summed E-state index contributed by atoms with van der Waals surface area (Å²) in [4.78, 5) is 4.50. The number of aromatic nitrogens is 1. The first kappa shape index (κ1) is 14.4. The molecule has 0 spiro atoms. The van der Waals surface area contributed by atoms with Crippen molar-refractivity contribution >= 4 is 41.2 Å². The summed E-state index contributed by atoms with van der Waals surface area (Å²) < 4.78 is 38.1. The third-order valence-electron chi connectivity index (χ3n) is 3.20. The van der Waals surface area contributed by atoms with Crippen molar-refractivity contribution in [3.63, 3.8) is 0 Å². The van der Waals surface area contributed by atoms with Crippen molar-refractivity contribution in [1.29, 1.82) is 0 Å². The second-order valence-electron chi connectivity index (χ2n) is 4.89. The van der Waals surface area contributed by atoms with Crippen LogP contribution >= 0.6 is 0 Å². The van der Waals surface area contributed by atoms with Crippen LogP contribution in [-0.4, -0.2) is 26.1 Å². The van der Waals surface area contributed by atoms with Crippen LogP contribution in [0.2, 0.25) is 5.32 Å². The average molecular weight is 354 g/mol. The molecule has 0 radical (unpaired) electrons. The standard InChI is InChI=1S/C16H12F3NSe/c1-10-6-7-12-11-4-2-3-5-13(11)15(20-14(12)8-10)21-9-16(17,18)19/h2-8H,9H2,1H3. The summed E-state index contributed by atoms with van der Waals surface area (Å²) >= 11 is -0.713. The fourth-order valence-electron chi connectivity index (χ4n) is 2.30. The fraction of sp³-hybridized carbons (Fsp3) is 0.188. The summed E-state index contributed by atoms with van der Waals surface area (Å²) in [7, 11) is 0. The van der Waals surface area contributed by atoms with Crippen LogP contribution < -0.4 is 4.59 Å².